The summed E-state index contributed by atoms with van der Waals surface area (Å²) in [5.74, 6) is -1.62. The number of halogens is 1. The molecule has 1 aliphatic rings. The standard InChI is InChI=1S/C25H22FN3O4/c1-4-33-22-12-8-7-11-21(22)29-24(31)18(23(30)27-25(29)32)14-17-13-15(2)28(16(17)3)20-10-6-5-9-19(20)26/h5-14H,4H2,1-3H3,(H,27,30,32)/b18-14+. The quantitative estimate of drug-likeness (QED) is 0.467. The smallest absolute Gasteiger partial charge is 0.336 e. The molecule has 2 aromatic carbocycles. The molecule has 2 heterocycles. The van der Waals surface area contributed by atoms with Crippen molar-refractivity contribution in [3.05, 3.63) is 82.9 Å². The second kappa shape index (κ2) is 8.74. The van der Waals surface area contributed by atoms with Crippen molar-refractivity contribution in [3.63, 3.8) is 0 Å². The van der Waals surface area contributed by atoms with Crippen molar-refractivity contribution in [1.82, 2.24) is 9.88 Å². The Bertz CT molecular complexity index is 1310. The lowest BCUT2D eigenvalue weighted by molar-refractivity contribution is -0.122. The predicted octanol–water partition coefficient (Wildman–Crippen LogP) is 4.30. The van der Waals surface area contributed by atoms with E-state index >= 15 is 0 Å². The Labute approximate surface area is 190 Å². The van der Waals surface area contributed by atoms with Crippen molar-refractivity contribution in [3.8, 4) is 11.4 Å². The number of aromatic nitrogens is 1. The molecule has 4 amide bonds. The lowest BCUT2D eigenvalue weighted by atomic mass is 10.1. The van der Waals surface area contributed by atoms with Crippen LogP contribution in [0.5, 0.6) is 5.75 Å². The molecule has 33 heavy (non-hydrogen) atoms. The van der Waals surface area contributed by atoms with Crippen molar-refractivity contribution < 1.29 is 23.5 Å². The number of nitrogens with zero attached hydrogens (tertiary/aromatic N) is 2. The molecular weight excluding hydrogens is 425 g/mol. The van der Waals surface area contributed by atoms with Crippen molar-refractivity contribution in [2.45, 2.75) is 20.8 Å². The number of amides is 4. The number of anilines is 1. The summed E-state index contributed by atoms with van der Waals surface area (Å²) < 4.78 is 21.7. The van der Waals surface area contributed by atoms with E-state index in [4.69, 9.17) is 4.74 Å². The van der Waals surface area contributed by atoms with Crippen molar-refractivity contribution in [2.24, 2.45) is 0 Å². The second-order valence-electron chi connectivity index (χ2n) is 7.47. The van der Waals surface area contributed by atoms with E-state index in [0.29, 0.717) is 29.3 Å². The Morgan fingerprint density at radius 1 is 1.00 bits per heavy atom. The van der Waals surface area contributed by atoms with Crippen LogP contribution in [0.25, 0.3) is 11.8 Å². The van der Waals surface area contributed by atoms with Gasteiger partial charge in [0, 0.05) is 11.4 Å². The SMILES string of the molecule is CCOc1ccccc1N1C(=O)NC(=O)/C(=C\c2cc(C)n(-c3ccccc3F)c2C)C1=O. The molecule has 1 aromatic heterocycles. The van der Waals surface area contributed by atoms with Crippen molar-refractivity contribution in [1.29, 1.82) is 0 Å². The molecule has 1 fully saturated rings. The summed E-state index contributed by atoms with van der Waals surface area (Å²) in [6.45, 7) is 5.70. The van der Waals surface area contributed by atoms with Gasteiger partial charge in [0.2, 0.25) is 0 Å². The average Bonchev–Trinajstić information content (AvgIpc) is 3.05. The minimum absolute atomic E-state index is 0.213. The molecule has 0 radical (unpaired) electrons. The maximum atomic E-state index is 14.4. The first-order valence-corrected chi connectivity index (χ1v) is 10.4. The third-order valence-corrected chi connectivity index (χ3v) is 5.37. The van der Waals surface area contributed by atoms with Crippen molar-refractivity contribution >= 4 is 29.6 Å². The first-order valence-electron chi connectivity index (χ1n) is 10.4. The summed E-state index contributed by atoms with van der Waals surface area (Å²) in [5, 5.41) is 2.22. The Morgan fingerprint density at radius 2 is 1.67 bits per heavy atom. The van der Waals surface area contributed by atoms with Gasteiger partial charge in [-0.15, -0.1) is 0 Å². The van der Waals surface area contributed by atoms with Gasteiger partial charge in [0.25, 0.3) is 11.8 Å². The largest absolute Gasteiger partial charge is 0.492 e. The maximum Gasteiger partial charge on any atom is 0.336 e. The number of nitrogens with one attached hydrogen (secondary N) is 1. The Kier molecular flexibility index (Phi) is 5.83. The van der Waals surface area contributed by atoms with Crippen LogP contribution in [-0.2, 0) is 9.59 Å². The molecule has 0 bridgehead atoms. The van der Waals surface area contributed by atoms with Gasteiger partial charge >= 0.3 is 6.03 Å². The summed E-state index contributed by atoms with van der Waals surface area (Å²) in [6.07, 6.45) is 1.42. The summed E-state index contributed by atoms with van der Waals surface area (Å²) in [4.78, 5) is 39.3. The van der Waals surface area contributed by atoms with Crippen LogP contribution in [0.4, 0.5) is 14.9 Å². The molecule has 1 N–H and O–H groups in total. The van der Waals surface area contributed by atoms with Gasteiger partial charge in [-0.25, -0.2) is 14.1 Å². The number of carbonyl (C=O) groups excluding carboxylic acids is 3. The zero-order valence-corrected chi connectivity index (χ0v) is 18.4. The van der Waals surface area contributed by atoms with Gasteiger partial charge in [0.15, 0.2) is 0 Å². The monoisotopic (exact) mass is 447 g/mol. The maximum absolute atomic E-state index is 14.4. The van der Waals surface area contributed by atoms with E-state index in [1.54, 1.807) is 73.9 Å². The topological polar surface area (TPSA) is 80.6 Å². The van der Waals surface area contributed by atoms with Gasteiger partial charge in [-0.05, 0) is 62.7 Å². The molecule has 0 spiro atoms. The number of urea groups is 1. The molecule has 0 aliphatic carbocycles. The first kappa shape index (κ1) is 22.0. The summed E-state index contributed by atoms with van der Waals surface area (Å²) in [7, 11) is 0. The fraction of sp³-hybridized carbons (Fsp3) is 0.160. The highest BCUT2D eigenvalue weighted by atomic mass is 19.1. The van der Waals surface area contributed by atoms with Gasteiger partial charge < -0.3 is 9.30 Å². The van der Waals surface area contributed by atoms with Gasteiger partial charge in [0.1, 0.15) is 17.1 Å². The zero-order chi connectivity index (χ0) is 23.7. The van der Waals surface area contributed by atoms with Crippen LogP contribution < -0.4 is 15.0 Å². The van der Waals surface area contributed by atoms with Crippen LogP contribution >= 0.6 is 0 Å². The minimum atomic E-state index is -0.855. The number of barbiturate groups is 1. The number of rotatable bonds is 5. The van der Waals surface area contributed by atoms with E-state index in [1.165, 1.54) is 12.1 Å². The van der Waals surface area contributed by atoms with E-state index < -0.39 is 23.7 Å². The molecule has 1 saturated heterocycles. The van der Waals surface area contributed by atoms with Crippen LogP contribution in [0.1, 0.15) is 23.9 Å². The normalized spacial score (nSPS) is 15.2. The van der Waals surface area contributed by atoms with Gasteiger partial charge in [0.05, 0.1) is 18.0 Å². The molecule has 168 valence electrons. The van der Waals surface area contributed by atoms with Crippen LogP contribution in [0.15, 0.2) is 60.2 Å². The highest BCUT2D eigenvalue weighted by Crippen LogP contribution is 2.32. The number of benzene rings is 2. The third kappa shape index (κ3) is 3.91. The number of hydrogen-bond donors (Lipinski definition) is 1. The zero-order valence-electron chi connectivity index (χ0n) is 18.4. The van der Waals surface area contributed by atoms with Gasteiger partial charge in [-0.3, -0.25) is 14.9 Å². The lowest BCUT2D eigenvalue weighted by Crippen LogP contribution is -2.54. The summed E-state index contributed by atoms with van der Waals surface area (Å²) in [6, 6.07) is 13.8. The fourth-order valence-electron chi connectivity index (χ4n) is 3.89. The number of hydrogen-bond acceptors (Lipinski definition) is 4. The molecule has 8 heteroatoms. The minimum Gasteiger partial charge on any atom is -0.492 e. The first-order chi connectivity index (χ1) is 15.8. The van der Waals surface area contributed by atoms with E-state index in [1.807, 2.05) is 0 Å². The Hall–Kier alpha value is -4.20. The number of aryl methyl sites for hydroxylation is 1. The average molecular weight is 447 g/mol. The van der Waals surface area contributed by atoms with Crippen LogP contribution in [0.3, 0.4) is 0 Å². The Balaban J connectivity index is 1.78. The van der Waals surface area contributed by atoms with Crippen LogP contribution in [0.2, 0.25) is 0 Å². The molecule has 3 aromatic rings. The highest BCUT2D eigenvalue weighted by molar-refractivity contribution is 6.39. The fourth-order valence-corrected chi connectivity index (χ4v) is 3.89. The molecule has 0 atom stereocenters. The van der Waals surface area contributed by atoms with Crippen LogP contribution in [-0.4, -0.2) is 29.0 Å². The Morgan fingerprint density at radius 3 is 2.36 bits per heavy atom. The highest BCUT2D eigenvalue weighted by Gasteiger charge is 2.38. The molecule has 0 saturated carbocycles. The van der Waals surface area contributed by atoms with Crippen molar-refractivity contribution in [2.75, 3.05) is 11.5 Å². The molecule has 4 rings (SSSR count). The molecular formula is C25H22FN3O4. The summed E-state index contributed by atoms with van der Waals surface area (Å²) >= 11 is 0. The number of ether oxygens (including phenoxy) is 1. The van der Waals surface area contributed by atoms with E-state index in [2.05, 4.69) is 5.32 Å². The van der Waals surface area contributed by atoms with Gasteiger partial charge in [-0.2, -0.15) is 0 Å². The van der Waals surface area contributed by atoms with E-state index in [9.17, 15) is 18.8 Å². The van der Waals surface area contributed by atoms with E-state index in [-0.39, 0.29) is 11.3 Å². The molecule has 1 aliphatic heterocycles. The molecule has 0 unspecified atom stereocenters. The third-order valence-electron chi connectivity index (χ3n) is 5.37. The van der Waals surface area contributed by atoms with Gasteiger partial charge in [-0.1, -0.05) is 24.3 Å². The number of para-hydroxylation sites is 3. The molecule has 7 nitrogen and oxygen atoms in total. The number of imide groups is 2. The predicted molar refractivity (Wildman–Crippen MR) is 122 cm³/mol. The summed E-state index contributed by atoms with van der Waals surface area (Å²) in [5.41, 5.74) is 2.30. The van der Waals surface area contributed by atoms with Crippen LogP contribution in [0, 0.1) is 19.7 Å². The lowest BCUT2D eigenvalue weighted by Gasteiger charge is -2.27. The van der Waals surface area contributed by atoms with E-state index in [0.717, 1.165) is 10.6 Å². The second-order valence-corrected chi connectivity index (χ2v) is 7.47. The number of carbonyl (C=O) groups is 3.